The third-order valence-corrected chi connectivity index (χ3v) is 5.62. The lowest BCUT2D eigenvalue weighted by atomic mass is 10.2. The number of nitrogens with zero attached hydrogens (tertiary/aromatic N) is 4. The molecule has 0 spiro atoms. The van der Waals surface area contributed by atoms with Gasteiger partial charge in [0.1, 0.15) is 0 Å². The van der Waals surface area contributed by atoms with Crippen molar-refractivity contribution in [1.29, 1.82) is 0 Å². The summed E-state index contributed by atoms with van der Waals surface area (Å²) in [5, 5.41) is 9.78. The van der Waals surface area contributed by atoms with Crippen LogP contribution < -0.4 is 0 Å². The smallest absolute Gasteiger partial charge is 0.196 e. The molecule has 2 aromatic carbocycles. The quantitative estimate of drug-likeness (QED) is 0.376. The molecule has 0 bridgehead atoms. The summed E-state index contributed by atoms with van der Waals surface area (Å²) in [5.41, 5.74) is 4.50. The van der Waals surface area contributed by atoms with Crippen LogP contribution in [0.15, 0.2) is 82.7 Å². The normalized spacial score (nSPS) is 10.9. The van der Waals surface area contributed by atoms with E-state index >= 15 is 0 Å². The van der Waals surface area contributed by atoms with Crippen molar-refractivity contribution in [1.82, 2.24) is 19.7 Å². The molecule has 0 radical (unpaired) electrons. The Morgan fingerprint density at radius 1 is 1.00 bits per heavy atom. The van der Waals surface area contributed by atoms with E-state index in [9.17, 15) is 0 Å². The topological polar surface area (TPSA) is 43.6 Å². The molecule has 0 fully saturated rings. The molecule has 134 valence electrons. The van der Waals surface area contributed by atoms with Crippen LogP contribution in [0.5, 0.6) is 0 Å². The fourth-order valence-electron chi connectivity index (χ4n) is 2.82. The molecule has 0 N–H and O–H groups in total. The van der Waals surface area contributed by atoms with E-state index in [4.69, 9.17) is 0 Å². The number of rotatable bonds is 5. The van der Waals surface area contributed by atoms with E-state index in [0.717, 1.165) is 32.5 Å². The maximum absolute atomic E-state index is 4.47. The molecule has 4 nitrogen and oxygen atoms in total. The monoisotopic (exact) mass is 436 g/mol. The van der Waals surface area contributed by atoms with Gasteiger partial charge < -0.3 is 0 Å². The summed E-state index contributed by atoms with van der Waals surface area (Å²) >= 11 is 5.18. The van der Waals surface area contributed by atoms with Crippen LogP contribution in [0.1, 0.15) is 11.1 Å². The molecule has 2 heterocycles. The Morgan fingerprint density at radius 2 is 1.85 bits per heavy atom. The lowest BCUT2D eigenvalue weighted by Crippen LogP contribution is -2.00. The largest absolute Gasteiger partial charge is 0.270 e. The maximum atomic E-state index is 4.47. The van der Waals surface area contributed by atoms with Crippen molar-refractivity contribution in [2.45, 2.75) is 17.8 Å². The summed E-state index contributed by atoms with van der Waals surface area (Å²) in [6.45, 7) is 2.11. The average Bonchev–Trinajstić information content (AvgIpc) is 3.12. The fraction of sp³-hybridized carbons (Fsp3) is 0.0952. The summed E-state index contributed by atoms with van der Waals surface area (Å²) in [5.74, 6) is 1.63. The van der Waals surface area contributed by atoms with Crippen molar-refractivity contribution < 1.29 is 0 Å². The highest BCUT2D eigenvalue weighted by Crippen LogP contribution is 2.30. The van der Waals surface area contributed by atoms with E-state index in [1.54, 1.807) is 18.0 Å². The van der Waals surface area contributed by atoms with Gasteiger partial charge in [-0.2, -0.15) is 0 Å². The second kappa shape index (κ2) is 8.06. The van der Waals surface area contributed by atoms with E-state index in [1.807, 2.05) is 30.5 Å². The molecular formula is C21H17BrN4S. The highest BCUT2D eigenvalue weighted by molar-refractivity contribution is 9.10. The van der Waals surface area contributed by atoms with Crippen LogP contribution in [0.3, 0.4) is 0 Å². The lowest BCUT2D eigenvalue weighted by molar-refractivity contribution is 0.885. The predicted molar refractivity (Wildman–Crippen MR) is 113 cm³/mol. The molecule has 27 heavy (non-hydrogen) atoms. The van der Waals surface area contributed by atoms with Crippen LogP contribution in [-0.4, -0.2) is 19.7 Å². The molecule has 4 aromatic rings. The van der Waals surface area contributed by atoms with Crippen molar-refractivity contribution >= 4 is 27.7 Å². The highest BCUT2D eigenvalue weighted by Gasteiger charge is 2.16. The molecule has 0 saturated carbocycles. The van der Waals surface area contributed by atoms with Gasteiger partial charge in [-0.05, 0) is 48.9 Å². The second-order valence-corrected chi connectivity index (χ2v) is 8.00. The number of benzene rings is 2. The molecule has 0 aliphatic rings. The second-order valence-electron chi connectivity index (χ2n) is 6.14. The van der Waals surface area contributed by atoms with Crippen molar-refractivity contribution in [2.24, 2.45) is 0 Å². The minimum atomic E-state index is 0.789. The van der Waals surface area contributed by atoms with Gasteiger partial charge in [0.15, 0.2) is 11.0 Å². The van der Waals surface area contributed by atoms with Gasteiger partial charge in [0.2, 0.25) is 0 Å². The molecule has 2 aromatic heterocycles. The number of aryl methyl sites for hydroxylation is 1. The summed E-state index contributed by atoms with van der Waals surface area (Å²) in [4.78, 5) is 4.23. The van der Waals surface area contributed by atoms with Gasteiger partial charge in [0.25, 0.3) is 0 Å². The Morgan fingerprint density at radius 3 is 2.59 bits per heavy atom. The van der Waals surface area contributed by atoms with Gasteiger partial charge in [-0.25, -0.2) is 0 Å². The van der Waals surface area contributed by atoms with E-state index < -0.39 is 0 Å². The van der Waals surface area contributed by atoms with E-state index in [0.29, 0.717) is 0 Å². The summed E-state index contributed by atoms with van der Waals surface area (Å²) in [6.07, 6.45) is 3.58. The van der Waals surface area contributed by atoms with Crippen LogP contribution >= 0.6 is 27.7 Å². The Hall–Kier alpha value is -2.44. The van der Waals surface area contributed by atoms with Crippen molar-refractivity contribution in [3.8, 4) is 17.1 Å². The van der Waals surface area contributed by atoms with E-state index in [2.05, 4.69) is 79.0 Å². The number of halogens is 1. The predicted octanol–water partition coefficient (Wildman–Crippen LogP) is 5.69. The molecule has 0 amide bonds. The fourth-order valence-corrected chi connectivity index (χ4v) is 3.98. The summed E-state index contributed by atoms with van der Waals surface area (Å²) in [7, 11) is 0. The number of aromatic nitrogens is 4. The molecule has 4 rings (SSSR count). The molecule has 0 saturated heterocycles. The van der Waals surface area contributed by atoms with Gasteiger partial charge in [0, 0.05) is 33.9 Å². The molecule has 6 heteroatoms. The zero-order valence-electron chi connectivity index (χ0n) is 14.7. The molecular weight excluding hydrogens is 420 g/mol. The number of pyridine rings is 1. The minimum Gasteiger partial charge on any atom is -0.270 e. The average molecular weight is 437 g/mol. The molecule has 0 aliphatic carbocycles. The zero-order chi connectivity index (χ0) is 18.6. The first-order chi connectivity index (χ1) is 13.2. The van der Waals surface area contributed by atoms with Crippen molar-refractivity contribution in [2.75, 3.05) is 0 Å². The Kier molecular flexibility index (Phi) is 5.36. The Labute approximate surface area is 170 Å². The van der Waals surface area contributed by atoms with Gasteiger partial charge in [-0.1, -0.05) is 57.5 Å². The van der Waals surface area contributed by atoms with E-state index in [-0.39, 0.29) is 0 Å². The first kappa shape index (κ1) is 17.9. The maximum Gasteiger partial charge on any atom is 0.196 e. The SMILES string of the molecule is Cc1cccc(CSc2nnc(-c3cccnc3)n2-c2ccc(Br)cc2)c1. The van der Waals surface area contributed by atoms with Crippen molar-refractivity contribution in [3.05, 3.63) is 88.7 Å². The first-order valence-electron chi connectivity index (χ1n) is 8.51. The summed E-state index contributed by atoms with van der Waals surface area (Å²) in [6, 6.07) is 20.6. The van der Waals surface area contributed by atoms with E-state index in [1.165, 1.54) is 11.1 Å². The van der Waals surface area contributed by atoms with Gasteiger partial charge in [-0.3, -0.25) is 9.55 Å². The Bertz CT molecular complexity index is 1050. The van der Waals surface area contributed by atoms with Crippen LogP contribution in [0.25, 0.3) is 17.1 Å². The molecule has 0 aliphatic heterocycles. The zero-order valence-corrected chi connectivity index (χ0v) is 17.1. The van der Waals surface area contributed by atoms with Gasteiger partial charge >= 0.3 is 0 Å². The highest BCUT2D eigenvalue weighted by atomic mass is 79.9. The molecule has 0 unspecified atom stereocenters. The third kappa shape index (κ3) is 4.12. The summed E-state index contributed by atoms with van der Waals surface area (Å²) < 4.78 is 3.13. The Balaban J connectivity index is 1.73. The number of thioether (sulfide) groups is 1. The molecule has 0 atom stereocenters. The van der Waals surface area contributed by atoms with Crippen LogP contribution in [0, 0.1) is 6.92 Å². The number of hydrogen-bond acceptors (Lipinski definition) is 4. The number of hydrogen-bond donors (Lipinski definition) is 0. The third-order valence-electron chi connectivity index (χ3n) is 4.09. The lowest BCUT2D eigenvalue weighted by Gasteiger charge is -2.10. The van der Waals surface area contributed by atoms with Crippen LogP contribution in [0.2, 0.25) is 0 Å². The minimum absolute atomic E-state index is 0.789. The standard InChI is InChI=1S/C21H17BrN4S/c1-15-4-2-5-16(12-15)14-27-21-25-24-20(17-6-3-11-23-13-17)26(21)19-9-7-18(22)8-10-19/h2-13H,14H2,1H3. The van der Waals surface area contributed by atoms with Crippen molar-refractivity contribution in [3.63, 3.8) is 0 Å². The first-order valence-corrected chi connectivity index (χ1v) is 10.3. The van der Waals surface area contributed by atoms with Crippen LogP contribution in [-0.2, 0) is 5.75 Å². The van der Waals surface area contributed by atoms with Gasteiger partial charge in [-0.15, -0.1) is 10.2 Å². The van der Waals surface area contributed by atoms with Crippen LogP contribution in [0.4, 0.5) is 0 Å². The van der Waals surface area contributed by atoms with Gasteiger partial charge in [0.05, 0.1) is 0 Å².